The Hall–Kier alpha value is -7.80. The minimum absolute atomic E-state index is 1.22. The predicted molar refractivity (Wildman–Crippen MR) is 295 cm³/mol. The number of rotatable bonds is 3. The van der Waals surface area contributed by atoms with Gasteiger partial charge in [-0.2, -0.15) is 0 Å². The Morgan fingerprint density at radius 2 is 0.544 bits per heavy atom. The van der Waals surface area contributed by atoms with Gasteiger partial charge >= 0.3 is 0 Å². The molecular weight excluding hydrogens is 817 g/mol. The van der Waals surface area contributed by atoms with Crippen LogP contribution < -0.4 is 0 Å². The molecule has 0 saturated heterocycles. The summed E-state index contributed by atoms with van der Waals surface area (Å²) in [6.45, 7) is 18.0. The molecule has 12 aromatic rings. The van der Waals surface area contributed by atoms with E-state index >= 15 is 0 Å². The summed E-state index contributed by atoms with van der Waals surface area (Å²) in [6.07, 6.45) is 0. The van der Waals surface area contributed by atoms with Crippen LogP contribution in [0.4, 0.5) is 0 Å². The lowest BCUT2D eigenvalue weighted by Gasteiger charge is -2.16. The van der Waals surface area contributed by atoms with Crippen LogP contribution in [-0.2, 0) is 0 Å². The smallest absolute Gasteiger partial charge is 0.00171 e. The number of hydrogen-bond donors (Lipinski definition) is 0. The van der Waals surface area contributed by atoms with Gasteiger partial charge in [0.05, 0.1) is 0 Å². The molecule has 0 unspecified atom stereocenters. The molecule has 14 rings (SSSR count). The van der Waals surface area contributed by atoms with Crippen LogP contribution in [0.15, 0.2) is 158 Å². The number of hydrogen-bond acceptors (Lipinski definition) is 0. The molecule has 0 saturated carbocycles. The summed E-state index contributed by atoms with van der Waals surface area (Å²) in [5, 5.41) is 16.0. The molecule has 0 fully saturated rings. The molecule has 0 amide bonds. The molecule has 2 aliphatic carbocycles. The van der Waals surface area contributed by atoms with Crippen molar-refractivity contribution in [2.45, 2.75) is 55.4 Å². The van der Waals surface area contributed by atoms with Gasteiger partial charge in [-0.25, -0.2) is 0 Å². The largest absolute Gasteiger partial charge is 0.0587 e. The Bertz CT molecular complexity index is 4010. The quantitative estimate of drug-likeness (QED) is 0.155. The van der Waals surface area contributed by atoms with Crippen molar-refractivity contribution in [2.24, 2.45) is 0 Å². The van der Waals surface area contributed by atoms with Crippen LogP contribution in [0.2, 0.25) is 0 Å². The zero-order valence-corrected chi connectivity index (χ0v) is 40.0. The number of fused-ring (bicyclic) bond motifs is 14. The lowest BCUT2D eigenvalue weighted by atomic mass is 9.87. The first kappa shape index (κ1) is 39.4. The van der Waals surface area contributed by atoms with E-state index in [4.69, 9.17) is 0 Å². The van der Waals surface area contributed by atoms with E-state index in [0.717, 1.165) is 0 Å². The van der Waals surface area contributed by atoms with Gasteiger partial charge in [-0.1, -0.05) is 156 Å². The van der Waals surface area contributed by atoms with Crippen molar-refractivity contribution in [3.8, 4) is 77.9 Å². The van der Waals surface area contributed by atoms with Crippen molar-refractivity contribution in [1.82, 2.24) is 0 Å². The number of benzene rings is 12. The summed E-state index contributed by atoms with van der Waals surface area (Å²) < 4.78 is 0. The third-order valence-electron chi connectivity index (χ3n) is 16.0. The summed E-state index contributed by atoms with van der Waals surface area (Å²) in [6, 6.07) is 61.5. The molecule has 0 heteroatoms. The van der Waals surface area contributed by atoms with E-state index in [-0.39, 0.29) is 0 Å². The van der Waals surface area contributed by atoms with E-state index in [2.05, 4.69) is 213 Å². The van der Waals surface area contributed by atoms with E-state index in [0.29, 0.717) is 0 Å². The van der Waals surface area contributed by atoms with Crippen molar-refractivity contribution in [2.75, 3.05) is 0 Å². The van der Waals surface area contributed by atoms with Crippen LogP contribution >= 0.6 is 0 Å². The Kier molecular flexibility index (Phi) is 8.04. The summed E-state index contributed by atoms with van der Waals surface area (Å²) >= 11 is 0. The molecule has 322 valence electrons. The standard InChI is InChI=1S/C68H50/c1-35-9-21-47-53(27-35)51(31-57-49-23-11-39(5)65-63-41(7)25-37(3)29-59(63)61(67(49)65)33-55(47)57)45-17-13-43(14-18-45)44-15-19-46(20-16-44)52-32-58-50-24-12-40(6)66-64-42(8)26-38(4)30-60(64)62(68(50)66)34-56(58)48-22-10-36(2)28-54(48)52/h9-34H,1-8H3. The van der Waals surface area contributed by atoms with E-state index in [1.807, 2.05) is 0 Å². The lowest BCUT2D eigenvalue weighted by Crippen LogP contribution is -1.90. The van der Waals surface area contributed by atoms with E-state index < -0.39 is 0 Å². The molecule has 2 aliphatic rings. The Morgan fingerprint density at radius 1 is 0.191 bits per heavy atom. The van der Waals surface area contributed by atoms with Gasteiger partial charge < -0.3 is 0 Å². The van der Waals surface area contributed by atoms with Crippen molar-refractivity contribution in [3.63, 3.8) is 0 Å². The fourth-order valence-corrected chi connectivity index (χ4v) is 13.0. The number of aryl methyl sites for hydroxylation is 8. The topological polar surface area (TPSA) is 0 Å². The maximum absolute atomic E-state index is 2.50. The molecule has 0 atom stereocenters. The van der Waals surface area contributed by atoms with Gasteiger partial charge in [-0.05, 0) is 244 Å². The summed E-state index contributed by atoms with van der Waals surface area (Å²) in [5.74, 6) is 0. The Labute approximate surface area is 398 Å². The second-order valence-electron chi connectivity index (χ2n) is 20.5. The first-order chi connectivity index (χ1) is 33.0. The first-order valence-electron chi connectivity index (χ1n) is 24.3. The molecule has 0 aromatic heterocycles. The molecule has 0 heterocycles. The minimum Gasteiger partial charge on any atom is -0.0587 e. The van der Waals surface area contributed by atoms with Gasteiger partial charge in [-0.3, -0.25) is 0 Å². The van der Waals surface area contributed by atoms with Gasteiger partial charge in [0.25, 0.3) is 0 Å². The van der Waals surface area contributed by atoms with Crippen LogP contribution in [0.5, 0.6) is 0 Å². The maximum atomic E-state index is 2.50. The molecular formula is C68H50. The molecule has 0 radical (unpaired) electrons. The van der Waals surface area contributed by atoms with Crippen LogP contribution in [0, 0.1) is 55.4 Å². The monoisotopic (exact) mass is 866 g/mol. The molecule has 0 nitrogen and oxygen atoms in total. The first-order valence-corrected chi connectivity index (χ1v) is 24.3. The highest BCUT2D eigenvalue weighted by Crippen LogP contribution is 2.55. The van der Waals surface area contributed by atoms with Gasteiger partial charge in [0.1, 0.15) is 0 Å². The Balaban J connectivity index is 0.885. The SMILES string of the molecule is Cc1cc(C)c2c(c1)-c1cc3c4ccc(C)cc4c(-c4ccc(-c5ccc(-c6cc7c8ccc(C)c9c8c(cc7c7ccc(C)cc67)-c6cc(C)cc(C)c6-9)cc5)cc4)cc3c3ccc(C)c-2c13. The molecule has 12 aromatic carbocycles. The summed E-state index contributed by atoms with van der Waals surface area (Å²) in [5.41, 5.74) is 29.2. The van der Waals surface area contributed by atoms with Crippen molar-refractivity contribution in [3.05, 3.63) is 202 Å². The van der Waals surface area contributed by atoms with E-state index in [9.17, 15) is 0 Å². The van der Waals surface area contributed by atoms with Crippen LogP contribution in [0.25, 0.3) is 143 Å². The molecule has 68 heavy (non-hydrogen) atoms. The lowest BCUT2D eigenvalue weighted by molar-refractivity contribution is 1.38. The minimum atomic E-state index is 1.22. The van der Waals surface area contributed by atoms with Crippen LogP contribution in [0.1, 0.15) is 44.5 Å². The fourth-order valence-electron chi connectivity index (χ4n) is 13.0. The highest BCUT2D eigenvalue weighted by molar-refractivity contribution is 6.31. The third-order valence-corrected chi connectivity index (χ3v) is 16.0. The van der Waals surface area contributed by atoms with Gasteiger partial charge in [0, 0.05) is 0 Å². The van der Waals surface area contributed by atoms with E-state index in [1.54, 1.807) is 0 Å². The zero-order valence-electron chi connectivity index (χ0n) is 40.0. The van der Waals surface area contributed by atoms with Crippen molar-refractivity contribution in [1.29, 1.82) is 0 Å². The average molecular weight is 867 g/mol. The normalized spacial score (nSPS) is 12.4. The van der Waals surface area contributed by atoms with Crippen LogP contribution in [0.3, 0.4) is 0 Å². The molecule has 0 aliphatic heterocycles. The summed E-state index contributed by atoms with van der Waals surface area (Å²) in [4.78, 5) is 0. The predicted octanol–water partition coefficient (Wildman–Crippen LogP) is 19.4. The third kappa shape index (κ3) is 5.38. The van der Waals surface area contributed by atoms with Gasteiger partial charge in [-0.15, -0.1) is 0 Å². The van der Waals surface area contributed by atoms with Crippen molar-refractivity contribution < 1.29 is 0 Å². The average Bonchev–Trinajstić information content (AvgIpc) is 3.85. The van der Waals surface area contributed by atoms with Gasteiger partial charge in [0.15, 0.2) is 0 Å². The highest BCUT2D eigenvalue weighted by Gasteiger charge is 2.29. The van der Waals surface area contributed by atoms with Crippen LogP contribution in [-0.4, -0.2) is 0 Å². The molecule has 0 bridgehead atoms. The Morgan fingerprint density at radius 3 is 0.956 bits per heavy atom. The second-order valence-corrected chi connectivity index (χ2v) is 20.5. The highest BCUT2D eigenvalue weighted by atomic mass is 14.3. The molecule has 0 spiro atoms. The molecule has 0 N–H and O–H groups in total. The van der Waals surface area contributed by atoms with Crippen molar-refractivity contribution >= 4 is 64.6 Å². The zero-order chi connectivity index (χ0) is 46.0. The maximum Gasteiger partial charge on any atom is -0.00171 e. The fraction of sp³-hybridized carbons (Fsp3) is 0.118. The summed E-state index contributed by atoms with van der Waals surface area (Å²) in [7, 11) is 0. The van der Waals surface area contributed by atoms with E-state index in [1.165, 1.54) is 187 Å². The second kappa shape index (κ2) is 13.9. The van der Waals surface area contributed by atoms with Gasteiger partial charge in [0.2, 0.25) is 0 Å².